The van der Waals surface area contributed by atoms with Gasteiger partial charge in [-0.25, -0.2) is 13.2 Å². The highest BCUT2D eigenvalue weighted by Gasteiger charge is 2.43. The number of halogens is 3. The van der Waals surface area contributed by atoms with Gasteiger partial charge in [-0.3, -0.25) is 9.78 Å². The Morgan fingerprint density at radius 2 is 1.61 bits per heavy atom. The van der Waals surface area contributed by atoms with Crippen molar-refractivity contribution in [3.63, 3.8) is 0 Å². The summed E-state index contributed by atoms with van der Waals surface area (Å²) in [6, 6.07) is 7.10. The van der Waals surface area contributed by atoms with E-state index in [2.05, 4.69) is 25.7 Å². The van der Waals surface area contributed by atoms with Crippen LogP contribution in [-0.2, 0) is 0 Å². The summed E-state index contributed by atoms with van der Waals surface area (Å²) in [7, 11) is 1.36. The van der Waals surface area contributed by atoms with Gasteiger partial charge < -0.3 is 35.6 Å². The maximum atomic E-state index is 14.6. The Bertz CT molecular complexity index is 1630. The number of ether oxygens (including phenoxy) is 1. The zero-order valence-electron chi connectivity index (χ0n) is 30.6. The molecule has 0 saturated heterocycles. The summed E-state index contributed by atoms with van der Waals surface area (Å²) < 4.78 is 51.2. The molecule has 280 valence electrons. The number of pyridine rings is 1. The number of benzene rings is 2. The van der Waals surface area contributed by atoms with Crippen LogP contribution in [0.25, 0.3) is 0 Å². The second-order valence-electron chi connectivity index (χ2n) is 11.3. The monoisotopic (exact) mass is 731 g/mol. The molecule has 0 aliphatic heterocycles. The molecule has 5 rings (SSSR count). The average molecular weight is 732 g/mol. The molecule has 2 aliphatic rings. The minimum absolute atomic E-state index is 0.0339. The number of hydrogen-bond donors (Lipinski definition) is 6. The fourth-order valence-corrected chi connectivity index (χ4v) is 5.79. The van der Waals surface area contributed by atoms with E-state index in [4.69, 9.17) is 14.9 Å². The van der Waals surface area contributed by atoms with E-state index in [0.717, 1.165) is 31.0 Å². The van der Waals surface area contributed by atoms with Crippen LogP contribution in [0.3, 0.4) is 0 Å². The number of aryl methyl sites for hydroxylation is 1. The van der Waals surface area contributed by atoms with E-state index in [1.54, 1.807) is 31.5 Å². The van der Waals surface area contributed by atoms with Crippen LogP contribution >= 0.6 is 11.9 Å². The number of carbonyl (C=O) groups is 1. The third-order valence-corrected chi connectivity index (χ3v) is 8.84. The van der Waals surface area contributed by atoms with E-state index in [-0.39, 0.29) is 46.7 Å². The summed E-state index contributed by atoms with van der Waals surface area (Å²) in [5.41, 5.74) is 4.13. The molecular formula is C38H52F3N5O4S. The van der Waals surface area contributed by atoms with Crippen molar-refractivity contribution in [2.45, 2.75) is 78.4 Å². The molecule has 1 amide bonds. The van der Waals surface area contributed by atoms with E-state index in [0.29, 0.717) is 36.2 Å². The van der Waals surface area contributed by atoms with Crippen molar-refractivity contribution in [3.05, 3.63) is 94.7 Å². The fourth-order valence-electron chi connectivity index (χ4n) is 4.72. The summed E-state index contributed by atoms with van der Waals surface area (Å²) in [4.78, 5) is 16.0. The zero-order chi connectivity index (χ0) is 38.0. The number of anilines is 4. The van der Waals surface area contributed by atoms with Crippen molar-refractivity contribution in [1.82, 2.24) is 10.3 Å². The van der Waals surface area contributed by atoms with Crippen LogP contribution in [0.2, 0.25) is 0 Å². The number of nitrogens with one attached hydrogen (secondary N) is 4. The van der Waals surface area contributed by atoms with Gasteiger partial charge >= 0.3 is 0 Å². The lowest BCUT2D eigenvalue weighted by molar-refractivity contribution is 0.0952. The smallest absolute Gasteiger partial charge is 0.253 e. The summed E-state index contributed by atoms with van der Waals surface area (Å²) >= 11 is 1.39. The predicted octanol–water partition coefficient (Wildman–Crippen LogP) is 9.03. The Labute approximate surface area is 304 Å². The summed E-state index contributed by atoms with van der Waals surface area (Å²) in [6.07, 6.45) is 11.2. The number of nitrogens with zero attached hydrogens (tertiary/aromatic N) is 1. The molecule has 2 aromatic carbocycles. The minimum atomic E-state index is -1.12. The fraction of sp³-hybridized carbons (Fsp3) is 0.421. The van der Waals surface area contributed by atoms with Crippen LogP contribution in [-0.4, -0.2) is 52.7 Å². The van der Waals surface area contributed by atoms with Crippen molar-refractivity contribution in [1.29, 1.82) is 0 Å². The number of aliphatic hydroxyl groups excluding tert-OH is 2. The molecule has 1 fully saturated rings. The van der Waals surface area contributed by atoms with Gasteiger partial charge in [0.15, 0.2) is 11.6 Å². The summed E-state index contributed by atoms with van der Waals surface area (Å²) in [5, 5.41) is 26.3. The maximum absolute atomic E-state index is 14.6. The molecule has 3 aromatic rings. The first-order valence-electron chi connectivity index (χ1n) is 17.2. The molecule has 9 nitrogen and oxygen atoms in total. The van der Waals surface area contributed by atoms with Gasteiger partial charge in [-0.05, 0) is 99.4 Å². The Morgan fingerprint density at radius 3 is 2.20 bits per heavy atom. The number of methoxy groups -OCH3 is 1. The Morgan fingerprint density at radius 1 is 0.922 bits per heavy atom. The number of rotatable bonds is 15. The van der Waals surface area contributed by atoms with Gasteiger partial charge in [0.25, 0.3) is 5.91 Å². The third-order valence-electron chi connectivity index (χ3n) is 7.49. The van der Waals surface area contributed by atoms with Gasteiger partial charge in [0.05, 0.1) is 30.2 Å². The van der Waals surface area contributed by atoms with E-state index in [1.807, 2.05) is 46.8 Å². The molecular weight excluding hydrogens is 680 g/mol. The Hall–Kier alpha value is -4.20. The van der Waals surface area contributed by atoms with Crippen molar-refractivity contribution in [2.24, 2.45) is 0 Å². The van der Waals surface area contributed by atoms with E-state index < -0.39 is 17.5 Å². The molecule has 1 heterocycles. The molecule has 0 bridgehead atoms. The van der Waals surface area contributed by atoms with Crippen molar-refractivity contribution in [2.75, 3.05) is 42.2 Å². The van der Waals surface area contributed by atoms with E-state index in [9.17, 15) is 18.0 Å². The van der Waals surface area contributed by atoms with Gasteiger partial charge in [-0.2, -0.15) is 0 Å². The van der Waals surface area contributed by atoms with Crippen molar-refractivity contribution in [3.8, 4) is 5.75 Å². The largest absolute Gasteiger partial charge is 0.494 e. The molecule has 0 spiro atoms. The molecule has 0 radical (unpaired) electrons. The molecule has 13 heteroatoms. The van der Waals surface area contributed by atoms with Gasteiger partial charge in [-0.1, -0.05) is 33.8 Å². The van der Waals surface area contributed by atoms with Crippen LogP contribution in [0.4, 0.5) is 35.9 Å². The number of aliphatic hydroxyl groups is 2. The van der Waals surface area contributed by atoms with E-state index in [1.165, 1.54) is 36.8 Å². The topological polar surface area (TPSA) is 128 Å². The number of amides is 1. The highest BCUT2D eigenvalue weighted by Crippen LogP contribution is 2.53. The standard InChI is InChI=1S/C20H23F3N2O2S.C14H17N3O2.2C2H6/c1-12-4-5-15(13(21)10-12)24-19-17(23)14(22)11-16(27-2)18(19)25-28-20(7-8-20)6-3-9-26;1-10-7-11(8-10)17-13-9-15-5-3-12(13)14(19)16-4-2-6-18;2*1-2/h4-5,10-11,24-26H,3,6-9H2,1-2H3;3,5,7-9,17-18H,2,4,6H2,1H3,(H,16,19);2*1-2H3. The van der Waals surface area contributed by atoms with Gasteiger partial charge in [0.1, 0.15) is 22.9 Å². The SMILES string of the molecule is CC.CC.CC1=CC(Nc2cnccc2C(=O)NCCCO)=C1.COc1cc(F)c(F)c(Nc2ccc(C)cc2F)c1NSC1(CCCO)CC1. The first-order chi connectivity index (χ1) is 24.6. The second-order valence-corrected chi connectivity index (χ2v) is 12.6. The number of allylic oxidation sites excluding steroid dienone is 3. The van der Waals surface area contributed by atoms with Gasteiger partial charge in [0.2, 0.25) is 0 Å². The van der Waals surface area contributed by atoms with Crippen LogP contribution in [0.15, 0.2) is 66.1 Å². The van der Waals surface area contributed by atoms with Crippen LogP contribution in [0, 0.1) is 24.4 Å². The first-order valence-corrected chi connectivity index (χ1v) is 18.1. The third kappa shape index (κ3) is 12.8. The maximum Gasteiger partial charge on any atom is 0.253 e. The first kappa shape index (κ1) is 43.0. The lowest BCUT2D eigenvalue weighted by Gasteiger charge is -2.21. The quantitative estimate of drug-likeness (QED) is 0.0671. The number of carbonyl (C=O) groups excluding carboxylic acids is 1. The molecule has 0 atom stereocenters. The van der Waals surface area contributed by atoms with Crippen molar-refractivity contribution < 1.29 is 32.9 Å². The van der Waals surface area contributed by atoms with Crippen molar-refractivity contribution >= 4 is 40.6 Å². The van der Waals surface area contributed by atoms with Crippen LogP contribution < -0.4 is 25.4 Å². The minimum Gasteiger partial charge on any atom is -0.494 e. The van der Waals surface area contributed by atoms with Gasteiger partial charge in [-0.15, -0.1) is 0 Å². The van der Waals surface area contributed by atoms with Gasteiger partial charge in [0, 0.05) is 42.5 Å². The molecule has 1 aromatic heterocycles. The second kappa shape index (κ2) is 21.9. The highest BCUT2D eigenvalue weighted by molar-refractivity contribution is 8.02. The molecule has 51 heavy (non-hydrogen) atoms. The molecule has 6 N–H and O–H groups in total. The zero-order valence-corrected chi connectivity index (χ0v) is 31.4. The molecule has 2 aliphatic carbocycles. The normalized spacial score (nSPS) is 13.2. The van der Waals surface area contributed by atoms with Crippen LogP contribution in [0.1, 0.15) is 82.6 Å². The highest BCUT2D eigenvalue weighted by atomic mass is 32.2. The summed E-state index contributed by atoms with van der Waals surface area (Å²) in [5.74, 6) is -2.84. The predicted molar refractivity (Wildman–Crippen MR) is 203 cm³/mol. The molecule has 0 unspecified atom stereocenters. The average Bonchev–Trinajstić information content (AvgIpc) is 3.91. The number of aromatic nitrogens is 1. The number of hydrogen-bond acceptors (Lipinski definition) is 9. The Kier molecular flexibility index (Phi) is 18.4. The lowest BCUT2D eigenvalue weighted by Crippen LogP contribution is -2.26. The lowest BCUT2D eigenvalue weighted by atomic mass is 10.1. The van der Waals surface area contributed by atoms with E-state index >= 15 is 0 Å². The van der Waals surface area contributed by atoms with Crippen LogP contribution in [0.5, 0.6) is 5.75 Å². The Balaban J connectivity index is 0.000000341. The molecule has 1 saturated carbocycles. The summed E-state index contributed by atoms with van der Waals surface area (Å²) in [6.45, 7) is 12.4.